The van der Waals surface area contributed by atoms with Gasteiger partial charge in [0.2, 0.25) is 15.9 Å². The molecule has 0 radical (unpaired) electrons. The van der Waals surface area contributed by atoms with E-state index in [1.165, 1.54) is 4.31 Å². The van der Waals surface area contributed by atoms with E-state index < -0.39 is 10.0 Å². The molecule has 1 aliphatic heterocycles. The van der Waals surface area contributed by atoms with Gasteiger partial charge in [-0.05, 0) is 51.3 Å². The van der Waals surface area contributed by atoms with E-state index >= 15 is 0 Å². The Morgan fingerprint density at radius 1 is 1.42 bits per heavy atom. The fourth-order valence-corrected chi connectivity index (χ4v) is 4.78. The molecule has 2 rings (SSSR count). The molecule has 0 spiro atoms. The van der Waals surface area contributed by atoms with Gasteiger partial charge in [-0.1, -0.05) is 18.5 Å². The normalized spacial score (nSPS) is 18.7. The number of amides is 1. The maximum absolute atomic E-state index is 12.6. The summed E-state index contributed by atoms with van der Waals surface area (Å²) in [6.45, 7) is 6.37. The van der Waals surface area contributed by atoms with Gasteiger partial charge < -0.3 is 10.1 Å². The Balaban J connectivity index is 2.02. The third kappa shape index (κ3) is 5.59. The first-order valence-corrected chi connectivity index (χ1v) is 11.0. The highest BCUT2D eigenvalue weighted by Crippen LogP contribution is 2.29. The number of nitrogens with one attached hydrogen (secondary N) is 1. The molecule has 0 unspecified atom stereocenters. The van der Waals surface area contributed by atoms with Gasteiger partial charge in [0.15, 0.2) is 0 Å². The van der Waals surface area contributed by atoms with E-state index in [-0.39, 0.29) is 30.2 Å². The molecule has 1 N–H and O–H groups in total. The molecule has 6 nitrogen and oxygen atoms in total. The molecule has 1 heterocycles. The van der Waals surface area contributed by atoms with Gasteiger partial charge in [0.25, 0.3) is 0 Å². The van der Waals surface area contributed by atoms with E-state index in [9.17, 15) is 13.2 Å². The number of piperidine rings is 1. The molecule has 0 bridgehead atoms. The molecule has 0 saturated carbocycles. The van der Waals surface area contributed by atoms with E-state index in [0.717, 1.165) is 0 Å². The first-order valence-electron chi connectivity index (χ1n) is 8.97. The Kier molecular flexibility index (Phi) is 7.32. The Bertz CT molecular complexity index is 737. The van der Waals surface area contributed by atoms with Crippen molar-refractivity contribution in [2.75, 3.05) is 24.2 Å². The Morgan fingerprint density at radius 2 is 2.15 bits per heavy atom. The average molecular weight is 403 g/mol. The molecule has 1 atom stereocenters. The molecule has 0 aliphatic carbocycles. The van der Waals surface area contributed by atoms with Crippen molar-refractivity contribution in [2.24, 2.45) is 5.92 Å². The summed E-state index contributed by atoms with van der Waals surface area (Å²) >= 11 is 6.20. The van der Waals surface area contributed by atoms with Gasteiger partial charge in [0.05, 0.1) is 22.8 Å². The highest BCUT2D eigenvalue weighted by molar-refractivity contribution is 7.89. The molecule has 1 aromatic rings. The summed E-state index contributed by atoms with van der Waals surface area (Å²) in [5.74, 6) is 0.138. The highest BCUT2D eigenvalue weighted by atomic mass is 35.5. The summed E-state index contributed by atoms with van der Waals surface area (Å²) in [6.07, 6.45) is 1.93. The van der Waals surface area contributed by atoms with Crippen LogP contribution in [0.25, 0.3) is 0 Å². The lowest BCUT2D eigenvalue weighted by atomic mass is 9.98. The van der Waals surface area contributed by atoms with E-state index in [1.807, 2.05) is 20.8 Å². The zero-order chi connectivity index (χ0) is 19.3. The quantitative estimate of drug-likeness (QED) is 0.757. The lowest BCUT2D eigenvalue weighted by Gasteiger charge is -2.31. The van der Waals surface area contributed by atoms with Crippen molar-refractivity contribution in [1.29, 1.82) is 0 Å². The number of anilines is 1. The zero-order valence-electron chi connectivity index (χ0n) is 15.5. The summed E-state index contributed by atoms with van der Waals surface area (Å²) in [6, 6.07) is 5.10. The fourth-order valence-electron chi connectivity index (χ4n) is 2.97. The van der Waals surface area contributed by atoms with Crippen molar-refractivity contribution in [3.63, 3.8) is 0 Å². The second-order valence-corrected chi connectivity index (χ2v) is 9.31. The zero-order valence-corrected chi connectivity index (χ0v) is 17.1. The van der Waals surface area contributed by atoms with Gasteiger partial charge in [0, 0.05) is 18.8 Å². The lowest BCUT2D eigenvalue weighted by molar-refractivity contribution is -0.120. The maximum Gasteiger partial charge on any atom is 0.228 e. The number of carbonyl (C=O) groups is 1. The van der Waals surface area contributed by atoms with Crippen LogP contribution in [0.1, 0.15) is 40.0 Å². The van der Waals surface area contributed by atoms with Gasteiger partial charge in [-0.2, -0.15) is 0 Å². The number of halogens is 1. The van der Waals surface area contributed by atoms with Crippen LogP contribution in [0.4, 0.5) is 5.69 Å². The topological polar surface area (TPSA) is 75.7 Å². The minimum Gasteiger partial charge on any atom is -0.489 e. The average Bonchev–Trinajstić information content (AvgIpc) is 2.57. The molecule has 1 fully saturated rings. The molecular weight excluding hydrogens is 376 g/mol. The van der Waals surface area contributed by atoms with Gasteiger partial charge in [-0.25, -0.2) is 12.7 Å². The second kappa shape index (κ2) is 9.06. The van der Waals surface area contributed by atoms with Crippen LogP contribution >= 0.6 is 11.6 Å². The van der Waals surface area contributed by atoms with Crippen LogP contribution in [0.3, 0.4) is 0 Å². The van der Waals surface area contributed by atoms with Gasteiger partial charge in [0.1, 0.15) is 5.75 Å². The summed E-state index contributed by atoms with van der Waals surface area (Å²) in [5, 5.41) is 3.26. The summed E-state index contributed by atoms with van der Waals surface area (Å²) < 4.78 is 31.5. The number of benzene rings is 1. The molecular formula is C18H27ClN2O4S. The monoisotopic (exact) mass is 402 g/mol. The van der Waals surface area contributed by atoms with Crippen LogP contribution in [0, 0.1) is 5.92 Å². The number of rotatable bonds is 7. The molecule has 0 aromatic heterocycles. The third-order valence-corrected chi connectivity index (χ3v) is 6.51. The number of nitrogens with zero attached hydrogens (tertiary/aromatic N) is 1. The summed E-state index contributed by atoms with van der Waals surface area (Å²) in [7, 11) is -3.28. The molecule has 146 valence electrons. The Morgan fingerprint density at radius 3 is 2.77 bits per heavy atom. The van der Waals surface area contributed by atoms with Crippen LogP contribution in [0.5, 0.6) is 5.75 Å². The number of hydrogen-bond acceptors (Lipinski definition) is 4. The second-order valence-electron chi connectivity index (χ2n) is 6.81. The van der Waals surface area contributed by atoms with E-state index in [1.54, 1.807) is 18.2 Å². The predicted molar refractivity (Wildman–Crippen MR) is 104 cm³/mol. The largest absolute Gasteiger partial charge is 0.489 e. The van der Waals surface area contributed by atoms with Crippen LogP contribution < -0.4 is 10.1 Å². The van der Waals surface area contributed by atoms with Crippen LogP contribution in [-0.4, -0.2) is 43.6 Å². The van der Waals surface area contributed by atoms with E-state index in [0.29, 0.717) is 42.3 Å². The third-order valence-electron chi connectivity index (χ3n) is 4.17. The molecule has 1 saturated heterocycles. The van der Waals surface area contributed by atoms with E-state index in [4.69, 9.17) is 16.3 Å². The van der Waals surface area contributed by atoms with Crippen molar-refractivity contribution >= 4 is 33.2 Å². The van der Waals surface area contributed by atoms with Crippen LogP contribution in [-0.2, 0) is 14.8 Å². The standard InChI is InChI=1S/C18H27ClN2O4S/c1-4-10-26(23,24)21-9-5-6-14(12-21)18(22)20-15-7-8-17(16(19)11-15)25-13(2)3/h7-8,11,13-14H,4-6,9-10,12H2,1-3H3,(H,20,22)/t14-/m1/s1. The van der Waals surface area contributed by atoms with Crippen molar-refractivity contribution < 1.29 is 17.9 Å². The fraction of sp³-hybridized carbons (Fsp3) is 0.611. The van der Waals surface area contributed by atoms with Crippen molar-refractivity contribution in [1.82, 2.24) is 4.31 Å². The number of hydrogen-bond donors (Lipinski definition) is 1. The van der Waals surface area contributed by atoms with Gasteiger partial charge in [-0.3, -0.25) is 4.79 Å². The number of sulfonamides is 1. The first kappa shape index (κ1) is 21.0. The molecule has 1 aromatic carbocycles. The summed E-state index contributed by atoms with van der Waals surface area (Å²) in [5.41, 5.74) is 0.574. The first-order chi connectivity index (χ1) is 12.2. The highest BCUT2D eigenvalue weighted by Gasteiger charge is 2.31. The lowest BCUT2D eigenvalue weighted by Crippen LogP contribution is -2.44. The van der Waals surface area contributed by atoms with Crippen molar-refractivity contribution in [2.45, 2.75) is 46.1 Å². The van der Waals surface area contributed by atoms with Gasteiger partial charge >= 0.3 is 0 Å². The SMILES string of the molecule is CCCS(=O)(=O)N1CCC[C@@H](C(=O)Nc2ccc(OC(C)C)c(Cl)c2)C1. The molecule has 26 heavy (non-hydrogen) atoms. The van der Waals surface area contributed by atoms with Crippen molar-refractivity contribution in [3.05, 3.63) is 23.2 Å². The van der Waals surface area contributed by atoms with Crippen LogP contribution in [0.2, 0.25) is 5.02 Å². The predicted octanol–water partition coefficient (Wildman–Crippen LogP) is 3.52. The minimum atomic E-state index is -3.28. The molecule has 8 heteroatoms. The number of carbonyl (C=O) groups excluding carboxylic acids is 1. The Labute approximate surface area is 160 Å². The van der Waals surface area contributed by atoms with Gasteiger partial charge in [-0.15, -0.1) is 0 Å². The van der Waals surface area contributed by atoms with Crippen LogP contribution in [0.15, 0.2) is 18.2 Å². The number of ether oxygens (including phenoxy) is 1. The molecule has 1 aliphatic rings. The Hall–Kier alpha value is -1.31. The van der Waals surface area contributed by atoms with E-state index in [2.05, 4.69) is 5.32 Å². The summed E-state index contributed by atoms with van der Waals surface area (Å²) in [4.78, 5) is 12.6. The van der Waals surface area contributed by atoms with Crippen molar-refractivity contribution in [3.8, 4) is 5.75 Å². The minimum absolute atomic E-state index is 0.00577. The maximum atomic E-state index is 12.6. The smallest absolute Gasteiger partial charge is 0.228 e. The molecule has 1 amide bonds.